The van der Waals surface area contributed by atoms with E-state index >= 15 is 0 Å². The number of aromatic nitrogens is 2. The molecule has 1 fully saturated rings. The fourth-order valence-electron chi connectivity index (χ4n) is 3.82. The summed E-state index contributed by atoms with van der Waals surface area (Å²) in [4.78, 5) is 25.6. The van der Waals surface area contributed by atoms with Crippen LogP contribution in [-0.2, 0) is 12.8 Å². The van der Waals surface area contributed by atoms with Gasteiger partial charge in [0, 0.05) is 38.2 Å². The first-order valence-electron chi connectivity index (χ1n) is 9.06. The van der Waals surface area contributed by atoms with E-state index in [9.17, 15) is 10.1 Å². The van der Waals surface area contributed by atoms with Gasteiger partial charge in [-0.2, -0.15) is 5.26 Å². The molecular weight excluding hydrogens is 330 g/mol. The van der Waals surface area contributed by atoms with Crippen LogP contribution in [0.25, 0.3) is 0 Å². The SMILES string of the molecule is N#C[C@H]1CCCN(c2ncnc3c2CCN(C(=O)c2ccco2)CC3)C1. The number of carbonyl (C=O) groups is 1. The predicted octanol–water partition coefficient (Wildman–Crippen LogP) is 2.05. The monoisotopic (exact) mass is 351 g/mol. The van der Waals surface area contributed by atoms with E-state index in [2.05, 4.69) is 20.9 Å². The van der Waals surface area contributed by atoms with Crippen molar-refractivity contribution in [2.75, 3.05) is 31.1 Å². The molecule has 1 saturated heterocycles. The standard InChI is InChI=1S/C19H21N5O2/c20-11-14-3-1-7-24(12-14)18-15-5-8-23(9-6-16(15)21-13-22-18)19(25)17-4-2-10-26-17/h2,4,10,13-14H,1,3,5-9,12H2/t14-/m1/s1. The maximum absolute atomic E-state index is 12.6. The second-order valence-corrected chi connectivity index (χ2v) is 6.81. The number of hydrogen-bond acceptors (Lipinski definition) is 6. The van der Waals surface area contributed by atoms with Crippen molar-refractivity contribution in [3.05, 3.63) is 41.7 Å². The fraction of sp³-hybridized carbons (Fsp3) is 0.474. The average molecular weight is 351 g/mol. The zero-order chi connectivity index (χ0) is 17.9. The minimum Gasteiger partial charge on any atom is -0.459 e. The summed E-state index contributed by atoms with van der Waals surface area (Å²) < 4.78 is 5.25. The number of nitrogens with zero attached hydrogens (tertiary/aromatic N) is 5. The Morgan fingerprint density at radius 3 is 2.96 bits per heavy atom. The van der Waals surface area contributed by atoms with E-state index < -0.39 is 0 Å². The molecule has 0 radical (unpaired) electrons. The molecule has 0 spiro atoms. The molecule has 7 heteroatoms. The van der Waals surface area contributed by atoms with Gasteiger partial charge in [-0.3, -0.25) is 4.79 Å². The zero-order valence-electron chi connectivity index (χ0n) is 14.6. The Kier molecular flexibility index (Phi) is 4.57. The third-order valence-electron chi connectivity index (χ3n) is 5.18. The molecular formula is C19H21N5O2. The number of amides is 1. The van der Waals surface area contributed by atoms with E-state index in [1.807, 2.05) is 4.90 Å². The topological polar surface area (TPSA) is 86.3 Å². The number of hydrogen-bond donors (Lipinski definition) is 0. The number of carbonyl (C=O) groups excluding carboxylic acids is 1. The Labute approximate surface area is 152 Å². The van der Waals surface area contributed by atoms with E-state index in [0.29, 0.717) is 31.7 Å². The predicted molar refractivity (Wildman–Crippen MR) is 94.6 cm³/mol. The van der Waals surface area contributed by atoms with Crippen LogP contribution in [0.5, 0.6) is 0 Å². The van der Waals surface area contributed by atoms with Crippen molar-refractivity contribution in [2.45, 2.75) is 25.7 Å². The third kappa shape index (κ3) is 3.15. The lowest BCUT2D eigenvalue weighted by Crippen LogP contribution is -2.36. The molecule has 2 aliphatic heterocycles. The van der Waals surface area contributed by atoms with Gasteiger partial charge in [0.15, 0.2) is 5.76 Å². The summed E-state index contributed by atoms with van der Waals surface area (Å²) in [6, 6.07) is 5.81. The van der Waals surface area contributed by atoms with Crippen LogP contribution in [0.15, 0.2) is 29.1 Å². The number of anilines is 1. The molecule has 0 bridgehead atoms. The first-order valence-corrected chi connectivity index (χ1v) is 9.06. The Balaban J connectivity index is 1.55. The number of furan rings is 1. The van der Waals surface area contributed by atoms with Crippen molar-refractivity contribution in [3.63, 3.8) is 0 Å². The van der Waals surface area contributed by atoms with Crippen LogP contribution in [0.1, 0.15) is 34.7 Å². The first kappa shape index (κ1) is 16.6. The second-order valence-electron chi connectivity index (χ2n) is 6.81. The second kappa shape index (κ2) is 7.16. The maximum Gasteiger partial charge on any atom is 0.289 e. The number of fused-ring (bicyclic) bond motifs is 1. The highest BCUT2D eigenvalue weighted by molar-refractivity contribution is 5.91. The Hall–Kier alpha value is -2.88. The van der Waals surface area contributed by atoms with Crippen molar-refractivity contribution >= 4 is 11.7 Å². The number of nitriles is 1. The molecule has 4 rings (SSSR count). The van der Waals surface area contributed by atoms with Gasteiger partial charge in [0.1, 0.15) is 12.1 Å². The first-order chi connectivity index (χ1) is 12.8. The molecule has 2 aliphatic rings. The van der Waals surface area contributed by atoms with E-state index in [-0.39, 0.29) is 11.8 Å². The molecule has 4 heterocycles. The van der Waals surface area contributed by atoms with Crippen LogP contribution in [-0.4, -0.2) is 47.0 Å². The molecule has 0 N–H and O–H groups in total. The van der Waals surface area contributed by atoms with Gasteiger partial charge in [-0.25, -0.2) is 9.97 Å². The van der Waals surface area contributed by atoms with Gasteiger partial charge in [-0.1, -0.05) is 0 Å². The molecule has 2 aromatic heterocycles. The lowest BCUT2D eigenvalue weighted by atomic mass is 9.98. The van der Waals surface area contributed by atoms with Crippen LogP contribution < -0.4 is 4.90 Å². The minimum atomic E-state index is -0.0835. The third-order valence-corrected chi connectivity index (χ3v) is 5.18. The molecule has 0 unspecified atom stereocenters. The van der Waals surface area contributed by atoms with Gasteiger partial charge >= 0.3 is 0 Å². The smallest absolute Gasteiger partial charge is 0.289 e. The van der Waals surface area contributed by atoms with Crippen molar-refractivity contribution in [2.24, 2.45) is 5.92 Å². The summed E-state index contributed by atoms with van der Waals surface area (Å²) in [6.45, 7) is 2.86. The highest BCUT2D eigenvalue weighted by Gasteiger charge is 2.27. The summed E-state index contributed by atoms with van der Waals surface area (Å²) in [6.07, 6.45) is 6.49. The molecule has 1 amide bonds. The van der Waals surface area contributed by atoms with Gasteiger partial charge < -0.3 is 14.2 Å². The summed E-state index contributed by atoms with van der Waals surface area (Å²) >= 11 is 0. The van der Waals surface area contributed by atoms with Crippen molar-refractivity contribution in [3.8, 4) is 6.07 Å². The van der Waals surface area contributed by atoms with E-state index in [4.69, 9.17) is 4.42 Å². The summed E-state index contributed by atoms with van der Waals surface area (Å²) in [5, 5.41) is 9.26. The van der Waals surface area contributed by atoms with Crippen LogP contribution in [0, 0.1) is 17.2 Å². The minimum absolute atomic E-state index is 0.0529. The molecule has 2 aromatic rings. The molecule has 1 atom stereocenters. The lowest BCUT2D eigenvalue weighted by Gasteiger charge is -2.32. The Bertz CT molecular complexity index is 827. The average Bonchev–Trinajstić information content (AvgIpc) is 3.14. The zero-order valence-corrected chi connectivity index (χ0v) is 14.6. The normalized spacial score (nSPS) is 20.2. The van der Waals surface area contributed by atoms with Crippen LogP contribution >= 0.6 is 0 Å². The Morgan fingerprint density at radius 2 is 2.15 bits per heavy atom. The highest BCUT2D eigenvalue weighted by Crippen LogP contribution is 2.28. The van der Waals surface area contributed by atoms with Crippen molar-refractivity contribution in [1.29, 1.82) is 5.26 Å². The molecule has 134 valence electrons. The largest absolute Gasteiger partial charge is 0.459 e. The summed E-state index contributed by atoms with van der Waals surface area (Å²) in [5.74, 6) is 1.27. The lowest BCUT2D eigenvalue weighted by molar-refractivity contribution is 0.0731. The quantitative estimate of drug-likeness (QED) is 0.823. The molecule has 26 heavy (non-hydrogen) atoms. The van der Waals surface area contributed by atoms with Gasteiger partial charge in [0.2, 0.25) is 0 Å². The number of rotatable bonds is 2. The Morgan fingerprint density at radius 1 is 1.27 bits per heavy atom. The van der Waals surface area contributed by atoms with Crippen LogP contribution in [0.4, 0.5) is 5.82 Å². The molecule has 0 aromatic carbocycles. The van der Waals surface area contributed by atoms with Crippen molar-refractivity contribution < 1.29 is 9.21 Å². The molecule has 0 saturated carbocycles. The summed E-state index contributed by atoms with van der Waals surface area (Å²) in [5.41, 5.74) is 2.12. The molecule has 7 nitrogen and oxygen atoms in total. The van der Waals surface area contributed by atoms with Crippen LogP contribution in [0.3, 0.4) is 0 Å². The van der Waals surface area contributed by atoms with Gasteiger partial charge in [0.05, 0.1) is 23.9 Å². The van der Waals surface area contributed by atoms with Crippen molar-refractivity contribution in [1.82, 2.24) is 14.9 Å². The van der Waals surface area contributed by atoms with E-state index in [0.717, 1.165) is 43.0 Å². The number of piperidine rings is 1. The fourth-order valence-corrected chi connectivity index (χ4v) is 3.82. The maximum atomic E-state index is 12.6. The van der Waals surface area contributed by atoms with E-state index in [1.165, 1.54) is 6.26 Å². The van der Waals surface area contributed by atoms with Gasteiger partial charge in [-0.05, 0) is 31.4 Å². The molecule has 0 aliphatic carbocycles. The highest BCUT2D eigenvalue weighted by atomic mass is 16.3. The summed E-state index contributed by atoms with van der Waals surface area (Å²) in [7, 11) is 0. The van der Waals surface area contributed by atoms with Crippen LogP contribution in [0.2, 0.25) is 0 Å². The van der Waals surface area contributed by atoms with Gasteiger partial charge in [0.25, 0.3) is 5.91 Å². The van der Waals surface area contributed by atoms with Gasteiger partial charge in [-0.15, -0.1) is 0 Å². The van der Waals surface area contributed by atoms with E-state index in [1.54, 1.807) is 18.5 Å².